The Morgan fingerprint density at radius 2 is 2.19 bits per heavy atom. The highest BCUT2D eigenvalue weighted by atomic mass is 19.1. The molecule has 2 aromatic rings. The molecule has 0 saturated carbocycles. The highest BCUT2D eigenvalue weighted by Crippen LogP contribution is 2.35. The van der Waals surface area contributed by atoms with Crippen LogP contribution in [-0.2, 0) is 29.6 Å². The summed E-state index contributed by atoms with van der Waals surface area (Å²) in [4.78, 5) is 14.6. The Labute approximate surface area is 151 Å². The predicted molar refractivity (Wildman–Crippen MR) is 92.2 cm³/mol. The fraction of sp³-hybridized carbons (Fsp3) is 0.474. The molecular weight excluding hydrogens is 337 g/mol. The van der Waals surface area contributed by atoms with Crippen molar-refractivity contribution in [3.63, 3.8) is 0 Å². The van der Waals surface area contributed by atoms with Gasteiger partial charge in [-0.2, -0.15) is 5.10 Å². The lowest BCUT2D eigenvalue weighted by atomic mass is 10.0. The summed E-state index contributed by atoms with van der Waals surface area (Å²) in [7, 11) is 1.95. The number of fused-ring (bicyclic) bond motifs is 1. The molecule has 0 bridgehead atoms. The lowest BCUT2D eigenvalue weighted by molar-refractivity contribution is -0.134. The number of halogens is 1. The lowest BCUT2D eigenvalue weighted by Crippen LogP contribution is -2.35. The second-order valence-electron chi connectivity index (χ2n) is 6.72. The number of carbonyl (C=O) groups is 1. The van der Waals surface area contributed by atoms with Gasteiger partial charge in [-0.1, -0.05) is 0 Å². The van der Waals surface area contributed by atoms with Crippen molar-refractivity contribution < 1.29 is 18.7 Å². The Morgan fingerprint density at radius 3 is 3.00 bits per heavy atom. The second kappa shape index (κ2) is 7.07. The maximum atomic E-state index is 13.0. The van der Waals surface area contributed by atoms with Crippen molar-refractivity contribution >= 4 is 5.91 Å². The Morgan fingerprint density at radius 1 is 1.38 bits per heavy atom. The van der Waals surface area contributed by atoms with Crippen LogP contribution in [-0.4, -0.2) is 40.3 Å². The molecule has 2 aliphatic heterocycles. The van der Waals surface area contributed by atoms with Crippen LogP contribution in [0.2, 0.25) is 0 Å². The summed E-state index contributed by atoms with van der Waals surface area (Å²) in [6.45, 7) is 1.91. The molecule has 1 atom stereocenters. The molecule has 1 saturated heterocycles. The van der Waals surface area contributed by atoms with E-state index in [9.17, 15) is 9.18 Å². The summed E-state index contributed by atoms with van der Waals surface area (Å²) in [6.07, 6.45) is 2.69. The average Bonchev–Trinajstić information content (AvgIpc) is 3.26. The Bertz CT molecular complexity index is 803. The molecule has 1 unspecified atom stereocenters. The number of likely N-dealkylation sites (tertiary alicyclic amines) is 1. The highest BCUT2D eigenvalue weighted by Gasteiger charge is 2.35. The molecule has 0 N–H and O–H groups in total. The predicted octanol–water partition coefficient (Wildman–Crippen LogP) is 2.37. The smallest absolute Gasteiger partial charge is 0.261 e. The van der Waals surface area contributed by atoms with Gasteiger partial charge in [0, 0.05) is 31.3 Å². The van der Waals surface area contributed by atoms with Crippen LogP contribution >= 0.6 is 0 Å². The van der Waals surface area contributed by atoms with E-state index >= 15 is 0 Å². The van der Waals surface area contributed by atoms with Crippen LogP contribution in [0, 0.1) is 5.82 Å². The Kier molecular flexibility index (Phi) is 4.63. The Hall–Kier alpha value is -2.41. The van der Waals surface area contributed by atoms with Gasteiger partial charge in [0.05, 0.1) is 24.9 Å². The number of aryl methyl sites for hydroxylation is 1. The quantitative estimate of drug-likeness (QED) is 0.841. The van der Waals surface area contributed by atoms with Crippen molar-refractivity contribution in [2.24, 2.45) is 7.05 Å². The zero-order valence-electron chi connectivity index (χ0n) is 14.8. The van der Waals surface area contributed by atoms with E-state index in [1.807, 2.05) is 16.6 Å². The minimum absolute atomic E-state index is 0.0315. The minimum Gasteiger partial charge on any atom is -0.484 e. The number of amides is 1. The number of hydrogen-bond acceptors (Lipinski definition) is 4. The topological polar surface area (TPSA) is 56.6 Å². The molecule has 1 amide bonds. The molecule has 6 nitrogen and oxygen atoms in total. The van der Waals surface area contributed by atoms with E-state index in [2.05, 4.69) is 0 Å². The molecule has 138 valence electrons. The van der Waals surface area contributed by atoms with E-state index in [1.54, 1.807) is 0 Å². The van der Waals surface area contributed by atoms with Crippen LogP contribution in [0.25, 0.3) is 0 Å². The van der Waals surface area contributed by atoms with Gasteiger partial charge in [0.25, 0.3) is 5.91 Å². The zero-order chi connectivity index (χ0) is 18.1. The summed E-state index contributed by atoms with van der Waals surface area (Å²) in [5.74, 6) is 0.0810. The summed E-state index contributed by atoms with van der Waals surface area (Å²) >= 11 is 0. The first kappa shape index (κ1) is 17.0. The van der Waals surface area contributed by atoms with Gasteiger partial charge in [-0.15, -0.1) is 0 Å². The minimum atomic E-state index is -0.328. The van der Waals surface area contributed by atoms with Gasteiger partial charge in [-0.3, -0.25) is 9.48 Å². The monoisotopic (exact) mass is 359 g/mol. The average molecular weight is 359 g/mol. The van der Waals surface area contributed by atoms with E-state index in [0.29, 0.717) is 25.5 Å². The third-order valence-corrected chi connectivity index (χ3v) is 5.10. The van der Waals surface area contributed by atoms with E-state index in [-0.39, 0.29) is 24.4 Å². The lowest BCUT2D eigenvalue weighted by Gasteiger charge is -2.25. The third-order valence-electron chi connectivity index (χ3n) is 5.10. The normalized spacial score (nSPS) is 19.5. The SMILES string of the molecule is Cn1nc(C2CCCN2C(=O)COc2ccc(F)cc2)c2c1CCOC2. The van der Waals surface area contributed by atoms with E-state index in [4.69, 9.17) is 14.6 Å². The molecule has 2 aliphatic rings. The molecule has 0 spiro atoms. The van der Waals surface area contributed by atoms with Crippen molar-refractivity contribution in [2.45, 2.75) is 31.9 Å². The molecule has 0 radical (unpaired) electrons. The number of nitrogens with zero attached hydrogens (tertiary/aromatic N) is 3. The molecule has 4 rings (SSSR count). The molecular formula is C19H22FN3O3. The largest absolute Gasteiger partial charge is 0.484 e. The van der Waals surface area contributed by atoms with Gasteiger partial charge in [0.15, 0.2) is 6.61 Å². The molecule has 1 aromatic carbocycles. The third kappa shape index (κ3) is 3.19. The van der Waals surface area contributed by atoms with Gasteiger partial charge < -0.3 is 14.4 Å². The van der Waals surface area contributed by atoms with Crippen LogP contribution in [0.15, 0.2) is 24.3 Å². The first-order chi connectivity index (χ1) is 12.6. The molecule has 26 heavy (non-hydrogen) atoms. The van der Waals surface area contributed by atoms with Gasteiger partial charge in [0.1, 0.15) is 11.6 Å². The van der Waals surface area contributed by atoms with Crippen molar-refractivity contribution in [1.82, 2.24) is 14.7 Å². The fourth-order valence-electron chi connectivity index (χ4n) is 3.81. The number of hydrogen-bond donors (Lipinski definition) is 0. The van der Waals surface area contributed by atoms with Gasteiger partial charge in [-0.05, 0) is 37.1 Å². The first-order valence-corrected chi connectivity index (χ1v) is 8.93. The molecule has 1 aromatic heterocycles. The maximum absolute atomic E-state index is 13.0. The van der Waals surface area contributed by atoms with Crippen LogP contribution in [0.3, 0.4) is 0 Å². The van der Waals surface area contributed by atoms with Gasteiger partial charge >= 0.3 is 0 Å². The number of aromatic nitrogens is 2. The maximum Gasteiger partial charge on any atom is 0.261 e. The van der Waals surface area contributed by atoms with Crippen molar-refractivity contribution in [2.75, 3.05) is 19.8 Å². The summed E-state index contributed by atoms with van der Waals surface area (Å²) in [5, 5.41) is 4.70. The standard InChI is InChI=1S/C19H22FN3O3/c1-22-16-8-10-25-11-15(16)19(21-22)17-3-2-9-23(17)18(24)12-26-14-6-4-13(20)5-7-14/h4-7,17H,2-3,8-12H2,1H3. The molecule has 0 aliphatic carbocycles. The van der Waals surface area contributed by atoms with Crippen LogP contribution in [0.4, 0.5) is 4.39 Å². The van der Waals surface area contributed by atoms with Gasteiger partial charge in [-0.25, -0.2) is 4.39 Å². The number of benzene rings is 1. The number of ether oxygens (including phenoxy) is 2. The second-order valence-corrected chi connectivity index (χ2v) is 6.72. The van der Waals surface area contributed by atoms with Gasteiger partial charge in [0.2, 0.25) is 0 Å². The summed E-state index contributed by atoms with van der Waals surface area (Å²) < 4.78 is 26.0. The number of rotatable bonds is 4. The first-order valence-electron chi connectivity index (χ1n) is 8.93. The fourth-order valence-corrected chi connectivity index (χ4v) is 3.81. The highest BCUT2D eigenvalue weighted by molar-refractivity contribution is 5.78. The molecule has 7 heteroatoms. The van der Waals surface area contributed by atoms with Crippen LogP contribution < -0.4 is 4.74 Å². The van der Waals surface area contributed by atoms with Crippen LogP contribution in [0.1, 0.15) is 35.8 Å². The van der Waals surface area contributed by atoms with E-state index < -0.39 is 0 Å². The van der Waals surface area contributed by atoms with Crippen molar-refractivity contribution in [3.05, 3.63) is 47.0 Å². The molecule has 1 fully saturated rings. The number of carbonyl (C=O) groups excluding carboxylic acids is 1. The van der Waals surface area contributed by atoms with Crippen molar-refractivity contribution in [3.8, 4) is 5.75 Å². The summed E-state index contributed by atoms with van der Waals surface area (Å²) in [6, 6.07) is 5.65. The Balaban J connectivity index is 1.48. The van der Waals surface area contributed by atoms with Crippen LogP contribution in [0.5, 0.6) is 5.75 Å². The molecule has 3 heterocycles. The zero-order valence-corrected chi connectivity index (χ0v) is 14.8. The summed E-state index contributed by atoms with van der Waals surface area (Å²) in [5.41, 5.74) is 3.28. The van der Waals surface area contributed by atoms with E-state index in [0.717, 1.165) is 30.5 Å². The van der Waals surface area contributed by atoms with E-state index in [1.165, 1.54) is 30.0 Å². The van der Waals surface area contributed by atoms with Crippen molar-refractivity contribution in [1.29, 1.82) is 0 Å².